The quantitative estimate of drug-likeness (QED) is 0.645. The third-order valence-corrected chi connectivity index (χ3v) is 8.06. The molecule has 1 heterocycles. The summed E-state index contributed by atoms with van der Waals surface area (Å²) < 4.78 is 5.39. The minimum absolute atomic E-state index is 0.0441. The van der Waals surface area contributed by atoms with E-state index in [9.17, 15) is 14.4 Å². The number of aryl methyl sites for hydroxylation is 1. The van der Waals surface area contributed by atoms with E-state index in [1.165, 1.54) is 19.3 Å². The van der Waals surface area contributed by atoms with E-state index < -0.39 is 12.1 Å². The van der Waals surface area contributed by atoms with Crippen molar-refractivity contribution in [2.75, 3.05) is 18.0 Å². The van der Waals surface area contributed by atoms with Crippen LogP contribution in [0.15, 0.2) is 24.3 Å². The number of nitrogens with one attached hydrogen (secondary N) is 2. The lowest BCUT2D eigenvalue weighted by molar-refractivity contribution is -0.153. The number of esters is 1. The van der Waals surface area contributed by atoms with Crippen molar-refractivity contribution in [2.45, 2.75) is 76.4 Å². The second-order valence-electron chi connectivity index (χ2n) is 10.7. The highest BCUT2D eigenvalue weighted by molar-refractivity contribution is 5.98. The van der Waals surface area contributed by atoms with E-state index in [1.807, 2.05) is 24.3 Å². The fraction of sp³-hybridized carbons (Fsp3) is 0.654. The lowest BCUT2D eigenvalue weighted by atomic mass is 9.53. The molecule has 4 fully saturated rings. The molecule has 1 atom stereocenters. The van der Waals surface area contributed by atoms with Gasteiger partial charge in [0.1, 0.15) is 0 Å². The smallest absolute Gasteiger partial charge is 0.315 e. The number of hydrogen-bond acceptors (Lipinski definition) is 4. The molecule has 7 heteroatoms. The van der Waals surface area contributed by atoms with E-state index in [1.54, 1.807) is 11.8 Å². The molecule has 33 heavy (non-hydrogen) atoms. The van der Waals surface area contributed by atoms with Crippen molar-refractivity contribution in [3.05, 3.63) is 29.8 Å². The highest BCUT2D eigenvalue weighted by Gasteiger charge is 2.51. The van der Waals surface area contributed by atoms with Gasteiger partial charge in [-0.2, -0.15) is 0 Å². The number of amides is 3. The summed E-state index contributed by atoms with van der Waals surface area (Å²) in [5, 5.41) is 6.07. The Labute approximate surface area is 195 Å². The minimum atomic E-state index is -0.857. The van der Waals surface area contributed by atoms with Gasteiger partial charge in [-0.1, -0.05) is 18.2 Å². The van der Waals surface area contributed by atoms with Gasteiger partial charge < -0.3 is 20.3 Å². The molecule has 0 aromatic heterocycles. The van der Waals surface area contributed by atoms with Crippen molar-refractivity contribution in [3.8, 4) is 0 Å². The van der Waals surface area contributed by atoms with Gasteiger partial charge in [-0.3, -0.25) is 9.59 Å². The van der Waals surface area contributed by atoms with E-state index in [4.69, 9.17) is 4.74 Å². The summed E-state index contributed by atoms with van der Waals surface area (Å²) in [6.45, 7) is 2.44. The largest absolute Gasteiger partial charge is 0.452 e. The fourth-order valence-electron chi connectivity index (χ4n) is 7.12. The van der Waals surface area contributed by atoms with E-state index in [-0.39, 0.29) is 30.4 Å². The average Bonchev–Trinajstić information content (AvgIpc) is 2.76. The Morgan fingerprint density at radius 2 is 1.76 bits per heavy atom. The van der Waals surface area contributed by atoms with Crippen LogP contribution in [-0.4, -0.2) is 42.6 Å². The van der Waals surface area contributed by atoms with Crippen LogP contribution in [0.3, 0.4) is 0 Å². The van der Waals surface area contributed by atoms with Crippen LogP contribution < -0.4 is 15.5 Å². The zero-order valence-corrected chi connectivity index (χ0v) is 19.5. The molecular weight excluding hydrogens is 418 g/mol. The normalized spacial score (nSPS) is 30.3. The number of para-hydroxylation sites is 1. The number of carbonyl (C=O) groups is 3. The molecule has 0 saturated heterocycles. The SMILES string of the molecule is CC(OC(=O)CCNC(=O)NC12CC3CC(CC(C3)C1)C2)C(=O)N1CCCc2ccccc21. The topological polar surface area (TPSA) is 87.7 Å². The molecule has 2 N–H and O–H groups in total. The van der Waals surface area contributed by atoms with Gasteiger partial charge in [0.2, 0.25) is 0 Å². The molecule has 178 valence electrons. The van der Waals surface area contributed by atoms with Gasteiger partial charge >= 0.3 is 12.0 Å². The minimum Gasteiger partial charge on any atom is -0.452 e. The first kappa shape index (κ1) is 22.2. The summed E-state index contributed by atoms with van der Waals surface area (Å²) in [5.41, 5.74) is 2.00. The fourth-order valence-corrected chi connectivity index (χ4v) is 7.12. The van der Waals surface area contributed by atoms with Crippen LogP contribution in [0, 0.1) is 17.8 Å². The third-order valence-electron chi connectivity index (χ3n) is 8.06. The molecule has 4 bridgehead atoms. The number of anilines is 1. The van der Waals surface area contributed by atoms with Gasteiger partial charge in [-0.25, -0.2) is 4.79 Å². The maximum atomic E-state index is 12.9. The predicted molar refractivity (Wildman–Crippen MR) is 125 cm³/mol. The molecule has 4 aliphatic carbocycles. The molecule has 3 amide bonds. The van der Waals surface area contributed by atoms with Crippen LogP contribution in [0.5, 0.6) is 0 Å². The molecule has 1 aromatic carbocycles. The van der Waals surface area contributed by atoms with Crippen LogP contribution in [-0.2, 0) is 20.7 Å². The summed E-state index contributed by atoms with van der Waals surface area (Å²) in [5.74, 6) is 1.60. The maximum absolute atomic E-state index is 12.9. The van der Waals surface area contributed by atoms with E-state index in [0.717, 1.165) is 61.1 Å². The third kappa shape index (κ3) is 4.73. The zero-order valence-electron chi connectivity index (χ0n) is 19.5. The lowest BCUT2D eigenvalue weighted by Gasteiger charge is -2.56. The van der Waals surface area contributed by atoms with Crippen molar-refractivity contribution < 1.29 is 19.1 Å². The number of urea groups is 1. The maximum Gasteiger partial charge on any atom is 0.315 e. The van der Waals surface area contributed by atoms with E-state index >= 15 is 0 Å². The molecule has 7 nitrogen and oxygen atoms in total. The first-order chi connectivity index (χ1) is 15.9. The Balaban J connectivity index is 1.06. The Morgan fingerprint density at radius 3 is 2.45 bits per heavy atom. The summed E-state index contributed by atoms with van der Waals surface area (Å²) in [4.78, 5) is 39.5. The van der Waals surface area contributed by atoms with E-state index in [2.05, 4.69) is 10.6 Å². The molecular formula is C26H35N3O4. The molecule has 1 unspecified atom stereocenters. The van der Waals surface area contributed by atoms with Crippen molar-refractivity contribution in [2.24, 2.45) is 17.8 Å². The Bertz CT molecular complexity index is 895. The number of benzene rings is 1. The van der Waals surface area contributed by atoms with Gasteiger partial charge in [0.05, 0.1) is 6.42 Å². The Kier molecular flexibility index (Phi) is 6.06. The number of ether oxygens (including phenoxy) is 1. The molecule has 6 rings (SSSR count). The number of rotatable bonds is 6. The summed E-state index contributed by atoms with van der Waals surface area (Å²) >= 11 is 0. The standard InChI is InChI=1S/C26H35N3O4/c1-17(24(31)29-10-4-6-21-5-2-3-7-22(21)29)33-23(30)8-9-27-25(32)28-26-14-18-11-19(15-26)13-20(12-18)16-26/h2-3,5,7,17-20H,4,6,8-16H2,1H3,(H2,27,28,32). The van der Waals surface area contributed by atoms with Crippen LogP contribution in [0.4, 0.5) is 10.5 Å². The molecule has 0 spiro atoms. The van der Waals surface area contributed by atoms with Crippen LogP contribution >= 0.6 is 0 Å². The van der Waals surface area contributed by atoms with E-state index in [0.29, 0.717) is 6.54 Å². The van der Waals surface area contributed by atoms with Crippen molar-refractivity contribution in [1.29, 1.82) is 0 Å². The van der Waals surface area contributed by atoms with Crippen LogP contribution in [0.2, 0.25) is 0 Å². The van der Waals surface area contributed by atoms with Gasteiger partial charge in [-0.15, -0.1) is 0 Å². The highest BCUT2D eigenvalue weighted by atomic mass is 16.5. The van der Waals surface area contributed by atoms with Crippen molar-refractivity contribution in [3.63, 3.8) is 0 Å². The van der Waals surface area contributed by atoms with Gasteiger partial charge in [-0.05, 0) is 87.7 Å². The summed E-state index contributed by atoms with van der Waals surface area (Å²) in [6, 6.07) is 7.67. The monoisotopic (exact) mass is 453 g/mol. The Hall–Kier alpha value is -2.57. The summed E-state index contributed by atoms with van der Waals surface area (Å²) in [6.07, 6.45) is 8.29. The molecule has 4 saturated carbocycles. The molecule has 1 aromatic rings. The first-order valence-electron chi connectivity index (χ1n) is 12.6. The highest BCUT2D eigenvalue weighted by Crippen LogP contribution is 2.55. The predicted octanol–water partition coefficient (Wildman–Crippen LogP) is 3.56. The summed E-state index contributed by atoms with van der Waals surface area (Å²) in [7, 11) is 0. The van der Waals surface area contributed by atoms with Gasteiger partial charge in [0.15, 0.2) is 6.10 Å². The lowest BCUT2D eigenvalue weighted by Crippen LogP contribution is -2.61. The van der Waals surface area contributed by atoms with Gasteiger partial charge in [0, 0.05) is 24.3 Å². The molecule has 1 aliphatic heterocycles. The number of fused-ring (bicyclic) bond motifs is 1. The van der Waals surface area contributed by atoms with Crippen LogP contribution in [0.25, 0.3) is 0 Å². The first-order valence-corrected chi connectivity index (χ1v) is 12.6. The van der Waals surface area contributed by atoms with Crippen molar-refractivity contribution >= 4 is 23.6 Å². The second kappa shape index (κ2) is 8.99. The average molecular weight is 454 g/mol. The second-order valence-corrected chi connectivity index (χ2v) is 10.7. The number of carbonyl (C=O) groups excluding carboxylic acids is 3. The number of hydrogen-bond donors (Lipinski definition) is 2. The molecule has 0 radical (unpaired) electrons. The van der Waals surface area contributed by atoms with Gasteiger partial charge in [0.25, 0.3) is 5.91 Å². The Morgan fingerprint density at radius 1 is 1.09 bits per heavy atom. The number of nitrogens with zero attached hydrogens (tertiary/aromatic N) is 1. The zero-order chi connectivity index (χ0) is 23.0. The van der Waals surface area contributed by atoms with Crippen LogP contribution in [0.1, 0.15) is 63.9 Å². The van der Waals surface area contributed by atoms with Crippen molar-refractivity contribution in [1.82, 2.24) is 10.6 Å². The molecule has 5 aliphatic rings.